The van der Waals surface area contributed by atoms with E-state index in [9.17, 15) is 9.59 Å². The van der Waals surface area contributed by atoms with Crippen LogP contribution < -0.4 is 5.32 Å². The highest BCUT2D eigenvalue weighted by Gasteiger charge is 2.30. The third-order valence-corrected chi connectivity index (χ3v) is 6.77. The number of nitrogens with zero attached hydrogens (tertiary/aromatic N) is 5. The van der Waals surface area contributed by atoms with Crippen LogP contribution in [0.1, 0.15) is 58.1 Å². The number of carbonyl (C=O) groups excluding carboxylic acids is 2. The summed E-state index contributed by atoms with van der Waals surface area (Å²) >= 11 is 1.40. The lowest BCUT2D eigenvalue weighted by atomic mass is 9.95. The van der Waals surface area contributed by atoms with Gasteiger partial charge in [-0.25, -0.2) is 15.0 Å². The number of hydrogen-bond acceptors (Lipinski definition) is 7. The quantitative estimate of drug-likeness (QED) is 0.828. The zero-order valence-corrected chi connectivity index (χ0v) is 17.9. The van der Waals surface area contributed by atoms with Gasteiger partial charge in [-0.15, -0.1) is 11.3 Å². The average molecular weight is 415 g/mol. The number of anilines is 1. The summed E-state index contributed by atoms with van der Waals surface area (Å²) < 4.78 is 0. The van der Waals surface area contributed by atoms with Gasteiger partial charge in [-0.05, 0) is 26.2 Å². The van der Waals surface area contributed by atoms with Crippen molar-refractivity contribution in [3.8, 4) is 0 Å². The van der Waals surface area contributed by atoms with E-state index in [0.717, 1.165) is 52.7 Å². The molecule has 1 N–H and O–H groups in total. The third-order valence-electron chi connectivity index (χ3n) is 5.85. The van der Waals surface area contributed by atoms with E-state index < -0.39 is 0 Å². The van der Waals surface area contributed by atoms with E-state index in [-0.39, 0.29) is 17.7 Å². The Bertz CT molecular complexity index is 935. The molecule has 0 spiro atoms. The number of rotatable bonds is 3. The van der Waals surface area contributed by atoms with E-state index in [2.05, 4.69) is 10.3 Å². The van der Waals surface area contributed by atoms with Crippen molar-refractivity contribution in [3.05, 3.63) is 33.2 Å². The summed E-state index contributed by atoms with van der Waals surface area (Å²) in [7, 11) is 1.88. The minimum absolute atomic E-state index is 0.0721. The molecule has 0 aromatic carbocycles. The SMILES string of the molecule is CNc1nc(C2CCN(C(=O)c3scnc3C)CC2)nc2c1CCN(C(C)=O)C2. The van der Waals surface area contributed by atoms with Gasteiger partial charge in [0.05, 0.1) is 23.4 Å². The predicted octanol–water partition coefficient (Wildman–Crippen LogP) is 2.21. The van der Waals surface area contributed by atoms with Gasteiger partial charge in [0.25, 0.3) is 5.91 Å². The molecular formula is C20H26N6O2S. The van der Waals surface area contributed by atoms with Crippen molar-refractivity contribution in [3.63, 3.8) is 0 Å². The van der Waals surface area contributed by atoms with Crippen LogP contribution in [0.5, 0.6) is 0 Å². The van der Waals surface area contributed by atoms with Gasteiger partial charge < -0.3 is 15.1 Å². The zero-order valence-electron chi connectivity index (χ0n) is 17.1. The normalized spacial score (nSPS) is 17.2. The first kappa shape index (κ1) is 19.8. The molecule has 29 heavy (non-hydrogen) atoms. The molecule has 1 saturated heterocycles. The van der Waals surface area contributed by atoms with Gasteiger partial charge in [0, 0.05) is 45.1 Å². The minimum Gasteiger partial charge on any atom is -0.373 e. The molecule has 0 saturated carbocycles. The molecule has 9 heteroatoms. The highest BCUT2D eigenvalue weighted by atomic mass is 32.1. The first-order valence-corrected chi connectivity index (χ1v) is 10.9. The summed E-state index contributed by atoms with van der Waals surface area (Å²) in [5.41, 5.74) is 4.58. The van der Waals surface area contributed by atoms with Gasteiger partial charge in [0.1, 0.15) is 16.5 Å². The standard InChI is InChI=1S/C20H26N6O2S/c1-12-17(29-11-22-12)20(28)25-7-4-14(5-8-25)18-23-16-10-26(13(2)27)9-6-15(16)19(21-3)24-18/h11,14H,4-10H2,1-3H3,(H,21,23,24). The fourth-order valence-corrected chi connectivity index (χ4v) is 4.87. The fraction of sp³-hybridized carbons (Fsp3) is 0.550. The van der Waals surface area contributed by atoms with Crippen LogP contribution in [0.2, 0.25) is 0 Å². The highest BCUT2D eigenvalue weighted by molar-refractivity contribution is 7.11. The molecule has 2 aromatic heterocycles. The zero-order chi connectivity index (χ0) is 20.5. The summed E-state index contributed by atoms with van der Waals surface area (Å²) in [5.74, 6) is 2.05. The third kappa shape index (κ3) is 3.83. The summed E-state index contributed by atoms with van der Waals surface area (Å²) in [4.78, 5) is 42.8. The molecule has 0 unspecified atom stereocenters. The molecule has 8 nitrogen and oxygen atoms in total. The van der Waals surface area contributed by atoms with Gasteiger partial charge >= 0.3 is 0 Å². The Kier molecular flexibility index (Phi) is 5.49. The number of piperidine rings is 1. The molecule has 154 valence electrons. The number of hydrogen-bond donors (Lipinski definition) is 1. The average Bonchev–Trinajstić information content (AvgIpc) is 3.17. The first-order chi connectivity index (χ1) is 14.0. The topological polar surface area (TPSA) is 91.3 Å². The minimum atomic E-state index is 0.0721. The number of thiazole rings is 1. The van der Waals surface area contributed by atoms with Crippen LogP contribution in [0.25, 0.3) is 0 Å². The largest absolute Gasteiger partial charge is 0.373 e. The maximum atomic E-state index is 12.7. The van der Waals surface area contributed by atoms with Crippen molar-refractivity contribution < 1.29 is 9.59 Å². The van der Waals surface area contributed by atoms with Crippen LogP contribution in [0.15, 0.2) is 5.51 Å². The Morgan fingerprint density at radius 3 is 2.55 bits per heavy atom. The number of aryl methyl sites for hydroxylation is 1. The van der Waals surface area contributed by atoms with Crippen LogP contribution in [-0.4, -0.2) is 63.2 Å². The maximum Gasteiger partial charge on any atom is 0.265 e. The van der Waals surface area contributed by atoms with Crippen molar-refractivity contribution in [2.75, 3.05) is 32.0 Å². The molecule has 0 atom stereocenters. The van der Waals surface area contributed by atoms with Gasteiger partial charge in [0.15, 0.2) is 0 Å². The Morgan fingerprint density at radius 2 is 1.93 bits per heavy atom. The van der Waals surface area contributed by atoms with Gasteiger partial charge in [0.2, 0.25) is 5.91 Å². The molecule has 0 bridgehead atoms. The Hall–Kier alpha value is -2.55. The van der Waals surface area contributed by atoms with Crippen LogP contribution in [0.4, 0.5) is 5.82 Å². The van der Waals surface area contributed by atoms with E-state index in [1.807, 2.05) is 23.8 Å². The van der Waals surface area contributed by atoms with Crippen molar-refractivity contribution in [2.45, 2.75) is 45.6 Å². The molecular weight excluding hydrogens is 388 g/mol. The molecule has 2 amide bonds. The molecule has 2 aliphatic heterocycles. The van der Waals surface area contributed by atoms with Crippen LogP contribution in [-0.2, 0) is 17.8 Å². The summed E-state index contributed by atoms with van der Waals surface area (Å²) in [5, 5.41) is 3.21. The van der Waals surface area contributed by atoms with E-state index in [0.29, 0.717) is 26.2 Å². The Labute approximate surface area is 174 Å². The number of aromatic nitrogens is 3. The molecule has 2 aromatic rings. The highest BCUT2D eigenvalue weighted by Crippen LogP contribution is 2.31. The van der Waals surface area contributed by atoms with Crippen LogP contribution in [0, 0.1) is 6.92 Å². The molecule has 1 fully saturated rings. The summed E-state index contributed by atoms with van der Waals surface area (Å²) in [6.07, 6.45) is 2.44. The number of amides is 2. The van der Waals surface area contributed by atoms with E-state index in [4.69, 9.17) is 9.97 Å². The molecule has 4 heterocycles. The van der Waals surface area contributed by atoms with Crippen molar-refractivity contribution >= 4 is 29.0 Å². The molecule has 0 radical (unpaired) electrons. The van der Waals surface area contributed by atoms with E-state index in [1.54, 1.807) is 12.4 Å². The first-order valence-electron chi connectivity index (χ1n) is 10.00. The van der Waals surface area contributed by atoms with E-state index in [1.165, 1.54) is 11.3 Å². The lowest BCUT2D eigenvalue weighted by molar-refractivity contribution is -0.129. The Morgan fingerprint density at radius 1 is 1.17 bits per heavy atom. The van der Waals surface area contributed by atoms with E-state index >= 15 is 0 Å². The summed E-state index contributed by atoms with van der Waals surface area (Å²) in [6, 6.07) is 0. The van der Waals surface area contributed by atoms with Crippen molar-refractivity contribution in [1.82, 2.24) is 24.8 Å². The Balaban J connectivity index is 1.50. The van der Waals surface area contributed by atoms with Crippen molar-refractivity contribution in [1.29, 1.82) is 0 Å². The van der Waals surface area contributed by atoms with Crippen LogP contribution >= 0.6 is 11.3 Å². The second-order valence-electron chi connectivity index (χ2n) is 7.63. The maximum absolute atomic E-state index is 12.7. The number of carbonyl (C=O) groups is 2. The molecule has 0 aliphatic carbocycles. The summed E-state index contributed by atoms with van der Waals surface area (Å²) in [6.45, 7) is 6.10. The van der Waals surface area contributed by atoms with Crippen LogP contribution in [0.3, 0.4) is 0 Å². The smallest absolute Gasteiger partial charge is 0.265 e. The number of fused-ring (bicyclic) bond motifs is 1. The predicted molar refractivity (Wildman–Crippen MR) is 111 cm³/mol. The monoisotopic (exact) mass is 414 g/mol. The van der Waals surface area contributed by atoms with Gasteiger partial charge in [-0.1, -0.05) is 0 Å². The molecule has 2 aliphatic rings. The fourth-order valence-electron chi connectivity index (χ4n) is 4.10. The number of likely N-dealkylation sites (tertiary alicyclic amines) is 1. The number of nitrogens with one attached hydrogen (secondary N) is 1. The van der Waals surface area contributed by atoms with Crippen molar-refractivity contribution in [2.24, 2.45) is 0 Å². The molecule has 4 rings (SSSR count). The lowest BCUT2D eigenvalue weighted by Crippen LogP contribution is -2.39. The second kappa shape index (κ2) is 8.06. The van der Waals surface area contributed by atoms with Gasteiger partial charge in [-0.2, -0.15) is 0 Å². The van der Waals surface area contributed by atoms with Gasteiger partial charge in [-0.3, -0.25) is 9.59 Å². The lowest BCUT2D eigenvalue weighted by Gasteiger charge is -2.33. The second-order valence-corrected chi connectivity index (χ2v) is 8.48.